The van der Waals surface area contributed by atoms with E-state index in [2.05, 4.69) is 25.2 Å². The van der Waals surface area contributed by atoms with Crippen molar-refractivity contribution in [3.8, 4) is 5.75 Å². The highest BCUT2D eigenvalue weighted by Crippen LogP contribution is 2.19. The first-order chi connectivity index (χ1) is 15.3. The summed E-state index contributed by atoms with van der Waals surface area (Å²) in [6.07, 6.45) is 0. The van der Waals surface area contributed by atoms with Crippen molar-refractivity contribution >= 4 is 27.7 Å². The van der Waals surface area contributed by atoms with Crippen LogP contribution in [0.1, 0.15) is 24.4 Å². The van der Waals surface area contributed by atoms with Crippen molar-refractivity contribution in [1.29, 1.82) is 0 Å². The highest BCUT2D eigenvalue weighted by atomic mass is 32.2. The van der Waals surface area contributed by atoms with Gasteiger partial charge in [0, 0.05) is 18.3 Å². The lowest BCUT2D eigenvalue weighted by Gasteiger charge is -2.15. The monoisotopic (exact) mass is 475 g/mol. The number of carbonyl (C=O) groups excluding carboxylic acids is 1. The summed E-state index contributed by atoms with van der Waals surface area (Å²) in [5.41, 5.74) is 0.871. The van der Waals surface area contributed by atoms with Crippen LogP contribution in [0, 0.1) is 6.92 Å². The number of benzene rings is 2. The standard InChI is InChI=1S/C21H25N5O4S2/c1-15(17-6-4-3-5-7-17)26-32(28,29)19-10-8-18(9-11-19)30-14-20(27)22-12-13-31-21-23-16(2)24-25-21/h3-11,15,26H,12-14H2,1-2H3,(H,22,27)(H,23,24,25)/t15-/m0/s1. The smallest absolute Gasteiger partial charge is 0.257 e. The van der Waals surface area contributed by atoms with E-state index in [1.165, 1.54) is 36.0 Å². The number of rotatable bonds is 11. The predicted molar refractivity (Wildman–Crippen MR) is 122 cm³/mol. The van der Waals surface area contributed by atoms with Gasteiger partial charge in [-0.05, 0) is 43.7 Å². The third-order valence-electron chi connectivity index (χ3n) is 4.37. The van der Waals surface area contributed by atoms with E-state index in [-0.39, 0.29) is 23.5 Å². The van der Waals surface area contributed by atoms with Gasteiger partial charge in [-0.3, -0.25) is 9.89 Å². The van der Waals surface area contributed by atoms with Crippen LogP contribution in [0.4, 0.5) is 0 Å². The molecule has 0 fully saturated rings. The van der Waals surface area contributed by atoms with Crippen LogP contribution in [-0.4, -0.2) is 48.4 Å². The van der Waals surface area contributed by atoms with E-state index in [9.17, 15) is 13.2 Å². The Hall–Kier alpha value is -2.89. The van der Waals surface area contributed by atoms with E-state index in [4.69, 9.17) is 4.74 Å². The third-order valence-corrected chi connectivity index (χ3v) is 6.77. The molecule has 1 heterocycles. The minimum Gasteiger partial charge on any atom is -0.484 e. The largest absolute Gasteiger partial charge is 0.484 e. The number of aromatic amines is 1. The SMILES string of the molecule is Cc1nc(SCCNC(=O)COc2ccc(S(=O)(=O)N[C@@H](C)c3ccccc3)cc2)n[nH]1. The van der Waals surface area contributed by atoms with Crippen molar-refractivity contribution in [2.24, 2.45) is 0 Å². The molecule has 170 valence electrons. The van der Waals surface area contributed by atoms with Crippen molar-refractivity contribution in [2.75, 3.05) is 18.9 Å². The fraction of sp³-hybridized carbons (Fsp3) is 0.286. The van der Waals surface area contributed by atoms with Gasteiger partial charge in [0.25, 0.3) is 5.91 Å². The fourth-order valence-corrected chi connectivity index (χ4v) is 4.68. The van der Waals surface area contributed by atoms with Gasteiger partial charge in [0.05, 0.1) is 4.90 Å². The van der Waals surface area contributed by atoms with E-state index in [0.717, 1.165) is 11.4 Å². The van der Waals surface area contributed by atoms with Crippen molar-refractivity contribution in [1.82, 2.24) is 25.2 Å². The Kier molecular flexibility index (Phi) is 8.26. The second kappa shape index (κ2) is 11.1. The second-order valence-corrected chi connectivity index (χ2v) is 9.69. The van der Waals surface area contributed by atoms with Gasteiger partial charge in [0.1, 0.15) is 11.6 Å². The summed E-state index contributed by atoms with van der Waals surface area (Å²) in [7, 11) is -3.69. The Morgan fingerprint density at radius 3 is 2.53 bits per heavy atom. The molecule has 0 radical (unpaired) electrons. The van der Waals surface area contributed by atoms with E-state index in [0.29, 0.717) is 23.2 Å². The number of amides is 1. The van der Waals surface area contributed by atoms with E-state index in [1.54, 1.807) is 6.92 Å². The summed E-state index contributed by atoms with van der Waals surface area (Å²) in [4.78, 5) is 16.2. The molecular formula is C21H25N5O4S2. The highest BCUT2D eigenvalue weighted by Gasteiger charge is 2.18. The van der Waals surface area contributed by atoms with E-state index >= 15 is 0 Å². The van der Waals surface area contributed by atoms with Crippen LogP contribution < -0.4 is 14.8 Å². The highest BCUT2D eigenvalue weighted by molar-refractivity contribution is 7.99. The van der Waals surface area contributed by atoms with Gasteiger partial charge < -0.3 is 10.1 Å². The lowest BCUT2D eigenvalue weighted by atomic mass is 10.1. The van der Waals surface area contributed by atoms with Gasteiger partial charge in [0.2, 0.25) is 15.2 Å². The fourth-order valence-electron chi connectivity index (χ4n) is 2.74. The van der Waals surface area contributed by atoms with Gasteiger partial charge in [-0.1, -0.05) is 42.1 Å². The van der Waals surface area contributed by atoms with Gasteiger partial charge in [-0.2, -0.15) is 0 Å². The number of carbonyl (C=O) groups is 1. The zero-order valence-corrected chi connectivity index (χ0v) is 19.4. The van der Waals surface area contributed by atoms with Crippen LogP contribution in [0.2, 0.25) is 0 Å². The molecular weight excluding hydrogens is 450 g/mol. The molecule has 0 spiro atoms. The van der Waals surface area contributed by atoms with Gasteiger partial charge in [0.15, 0.2) is 6.61 Å². The van der Waals surface area contributed by atoms with Crippen LogP contribution in [0.3, 0.4) is 0 Å². The molecule has 0 saturated carbocycles. The van der Waals surface area contributed by atoms with Crippen LogP contribution in [0.5, 0.6) is 5.75 Å². The Morgan fingerprint density at radius 2 is 1.88 bits per heavy atom. The Labute approximate surface area is 191 Å². The zero-order valence-electron chi connectivity index (χ0n) is 17.7. The zero-order chi connectivity index (χ0) is 23.0. The first kappa shape index (κ1) is 23.8. The average molecular weight is 476 g/mol. The Morgan fingerprint density at radius 1 is 1.16 bits per heavy atom. The summed E-state index contributed by atoms with van der Waals surface area (Å²) >= 11 is 1.43. The van der Waals surface area contributed by atoms with Crippen LogP contribution in [0.15, 0.2) is 64.6 Å². The van der Waals surface area contributed by atoms with E-state index < -0.39 is 10.0 Å². The number of H-pyrrole nitrogens is 1. The van der Waals surface area contributed by atoms with Gasteiger partial charge >= 0.3 is 0 Å². The molecule has 0 saturated heterocycles. The molecule has 11 heteroatoms. The van der Waals surface area contributed by atoms with Crippen molar-refractivity contribution < 1.29 is 17.9 Å². The lowest BCUT2D eigenvalue weighted by molar-refractivity contribution is -0.122. The summed E-state index contributed by atoms with van der Waals surface area (Å²) in [5, 5.41) is 10.1. The number of aromatic nitrogens is 3. The summed E-state index contributed by atoms with van der Waals surface area (Å²) in [5.74, 6) is 1.50. The number of ether oxygens (including phenoxy) is 1. The van der Waals surface area contributed by atoms with Crippen LogP contribution in [-0.2, 0) is 14.8 Å². The molecule has 0 bridgehead atoms. The molecule has 0 aliphatic heterocycles. The molecule has 1 aromatic heterocycles. The summed E-state index contributed by atoms with van der Waals surface area (Å²) < 4.78 is 33.3. The number of hydrogen-bond acceptors (Lipinski definition) is 7. The summed E-state index contributed by atoms with van der Waals surface area (Å²) in [6, 6.07) is 14.9. The first-order valence-corrected chi connectivity index (χ1v) is 12.4. The van der Waals surface area contributed by atoms with Crippen LogP contribution in [0.25, 0.3) is 0 Å². The molecule has 1 amide bonds. The average Bonchev–Trinajstić information content (AvgIpc) is 3.21. The normalized spacial score (nSPS) is 12.3. The maximum Gasteiger partial charge on any atom is 0.257 e. The topological polar surface area (TPSA) is 126 Å². The van der Waals surface area contributed by atoms with Crippen molar-refractivity contribution in [2.45, 2.75) is 29.9 Å². The molecule has 32 heavy (non-hydrogen) atoms. The molecule has 9 nitrogen and oxygen atoms in total. The lowest BCUT2D eigenvalue weighted by Crippen LogP contribution is -2.30. The Bertz CT molecular complexity index is 1120. The minimum absolute atomic E-state index is 0.122. The van der Waals surface area contributed by atoms with Crippen molar-refractivity contribution in [3.63, 3.8) is 0 Å². The molecule has 1 atom stereocenters. The van der Waals surface area contributed by atoms with Crippen LogP contribution >= 0.6 is 11.8 Å². The number of thioether (sulfide) groups is 1. The molecule has 3 rings (SSSR count). The number of nitrogens with zero attached hydrogens (tertiary/aromatic N) is 2. The second-order valence-electron chi connectivity index (χ2n) is 6.92. The Balaban J connectivity index is 1.43. The van der Waals surface area contributed by atoms with E-state index in [1.807, 2.05) is 37.3 Å². The molecule has 3 N–H and O–H groups in total. The molecule has 0 aliphatic carbocycles. The molecule has 0 aliphatic rings. The number of sulfonamides is 1. The van der Waals surface area contributed by atoms with Crippen molar-refractivity contribution in [3.05, 3.63) is 66.0 Å². The maximum absolute atomic E-state index is 12.6. The third kappa shape index (κ3) is 7.08. The molecule has 3 aromatic rings. The first-order valence-electron chi connectivity index (χ1n) is 9.92. The van der Waals surface area contributed by atoms with Gasteiger partial charge in [-0.15, -0.1) is 5.10 Å². The maximum atomic E-state index is 12.6. The number of aryl methyl sites for hydroxylation is 1. The number of hydrogen-bond donors (Lipinski definition) is 3. The summed E-state index contributed by atoms with van der Waals surface area (Å²) in [6.45, 7) is 3.89. The van der Waals surface area contributed by atoms with Gasteiger partial charge in [-0.25, -0.2) is 18.1 Å². The predicted octanol–water partition coefficient (Wildman–Crippen LogP) is 2.44. The molecule has 2 aromatic carbocycles. The number of nitrogens with one attached hydrogen (secondary N) is 3. The quantitative estimate of drug-likeness (QED) is 0.287. The minimum atomic E-state index is -3.69. The molecule has 0 unspecified atom stereocenters.